The van der Waals surface area contributed by atoms with E-state index in [0.717, 1.165) is 44.7 Å². The lowest BCUT2D eigenvalue weighted by molar-refractivity contribution is -0.0502. The number of nitrogens with zero attached hydrogens (tertiary/aromatic N) is 3. The Morgan fingerprint density at radius 1 is 1.28 bits per heavy atom. The Labute approximate surface area is 167 Å². The Morgan fingerprint density at radius 2 is 2.04 bits per heavy atom. The van der Waals surface area contributed by atoms with Gasteiger partial charge in [-0.25, -0.2) is 0 Å². The fraction of sp³-hybridized carbons (Fsp3) is 0.632. The lowest BCUT2D eigenvalue weighted by atomic mass is 10.1. The summed E-state index contributed by atoms with van der Waals surface area (Å²) in [4.78, 5) is 9.47. The predicted molar refractivity (Wildman–Crippen MR) is 111 cm³/mol. The molecule has 3 aliphatic rings. The molecular formula is C19H29IN4O. The molecule has 2 heterocycles. The second-order valence-electron chi connectivity index (χ2n) is 7.35. The maximum atomic E-state index is 6.07. The topological polar surface area (TPSA) is 40.1 Å². The molecule has 0 amide bonds. The van der Waals surface area contributed by atoms with Gasteiger partial charge in [-0.15, -0.1) is 24.0 Å². The molecule has 1 saturated carbocycles. The molecule has 2 saturated heterocycles. The molecule has 6 heteroatoms. The Morgan fingerprint density at radius 3 is 2.72 bits per heavy atom. The molecule has 4 atom stereocenters. The lowest BCUT2D eigenvalue weighted by Gasteiger charge is -2.36. The molecule has 1 N–H and O–H groups in total. The third kappa shape index (κ3) is 4.28. The van der Waals surface area contributed by atoms with E-state index >= 15 is 0 Å². The number of hydrogen-bond donors (Lipinski definition) is 1. The van der Waals surface area contributed by atoms with Crippen LogP contribution in [0, 0.1) is 5.92 Å². The molecule has 4 unspecified atom stereocenters. The predicted octanol–water partition coefficient (Wildman–Crippen LogP) is 2.17. The molecular weight excluding hydrogens is 427 g/mol. The first-order valence-corrected chi connectivity index (χ1v) is 9.12. The summed E-state index contributed by atoms with van der Waals surface area (Å²) in [6.45, 7) is 7.07. The Hall–Kier alpha value is -0.860. The first-order valence-electron chi connectivity index (χ1n) is 9.12. The van der Waals surface area contributed by atoms with Gasteiger partial charge in [-0.05, 0) is 17.9 Å². The molecule has 0 aromatic heterocycles. The summed E-state index contributed by atoms with van der Waals surface area (Å²) < 4.78 is 6.07. The summed E-state index contributed by atoms with van der Waals surface area (Å²) in [5.74, 6) is 1.82. The van der Waals surface area contributed by atoms with Crippen LogP contribution in [0.2, 0.25) is 0 Å². The standard InChI is InChI=1S/C19H28N4O.HI/c1-14-10-16(14)21-19(20-2)23-12-17-18(13-23)24-9-8-22(17)11-15-6-4-3-5-7-15;/h3-7,14,16-18H,8-13H2,1-2H3,(H,20,21);1H. The number of guanidine groups is 1. The van der Waals surface area contributed by atoms with Gasteiger partial charge in [-0.2, -0.15) is 0 Å². The van der Waals surface area contributed by atoms with Crippen LogP contribution in [0.1, 0.15) is 18.9 Å². The summed E-state index contributed by atoms with van der Waals surface area (Å²) in [5, 5.41) is 3.61. The van der Waals surface area contributed by atoms with Gasteiger partial charge < -0.3 is 15.0 Å². The van der Waals surface area contributed by atoms with Crippen LogP contribution in [-0.4, -0.2) is 67.2 Å². The van der Waals surface area contributed by atoms with Crippen molar-refractivity contribution in [3.63, 3.8) is 0 Å². The summed E-state index contributed by atoms with van der Waals surface area (Å²) in [5.41, 5.74) is 1.38. The number of aliphatic imine (C=N–C) groups is 1. The number of nitrogens with one attached hydrogen (secondary N) is 1. The van der Waals surface area contributed by atoms with E-state index in [1.54, 1.807) is 0 Å². The zero-order valence-electron chi connectivity index (χ0n) is 15.1. The van der Waals surface area contributed by atoms with Crippen LogP contribution in [0.25, 0.3) is 0 Å². The highest BCUT2D eigenvalue weighted by molar-refractivity contribution is 14.0. The molecule has 0 radical (unpaired) electrons. The van der Waals surface area contributed by atoms with E-state index in [-0.39, 0.29) is 30.1 Å². The van der Waals surface area contributed by atoms with Crippen molar-refractivity contribution in [3.05, 3.63) is 35.9 Å². The fourth-order valence-corrected chi connectivity index (χ4v) is 3.93. The molecule has 25 heavy (non-hydrogen) atoms. The summed E-state index contributed by atoms with van der Waals surface area (Å²) in [6, 6.07) is 11.8. The summed E-state index contributed by atoms with van der Waals surface area (Å²) >= 11 is 0. The minimum atomic E-state index is 0. The molecule has 3 fully saturated rings. The van der Waals surface area contributed by atoms with Crippen LogP contribution in [0.5, 0.6) is 0 Å². The number of hydrogen-bond acceptors (Lipinski definition) is 3. The summed E-state index contributed by atoms with van der Waals surface area (Å²) in [7, 11) is 1.89. The molecule has 1 aromatic carbocycles. The first-order chi connectivity index (χ1) is 11.7. The molecule has 0 spiro atoms. The number of halogens is 1. The van der Waals surface area contributed by atoms with E-state index in [9.17, 15) is 0 Å². The first kappa shape index (κ1) is 18.9. The van der Waals surface area contributed by atoms with Gasteiger partial charge >= 0.3 is 0 Å². The molecule has 138 valence electrons. The van der Waals surface area contributed by atoms with Gasteiger partial charge in [-0.1, -0.05) is 37.3 Å². The van der Waals surface area contributed by atoms with E-state index in [0.29, 0.717) is 12.1 Å². The van der Waals surface area contributed by atoms with Gasteiger partial charge in [0.25, 0.3) is 0 Å². The third-order valence-corrected chi connectivity index (χ3v) is 5.58. The van der Waals surface area contributed by atoms with Crippen LogP contribution in [-0.2, 0) is 11.3 Å². The van der Waals surface area contributed by atoms with Crippen molar-refractivity contribution in [3.8, 4) is 0 Å². The minimum Gasteiger partial charge on any atom is -0.373 e. The van der Waals surface area contributed by atoms with Gasteiger partial charge in [-0.3, -0.25) is 9.89 Å². The third-order valence-electron chi connectivity index (χ3n) is 5.58. The van der Waals surface area contributed by atoms with Crippen molar-refractivity contribution >= 4 is 29.9 Å². The van der Waals surface area contributed by atoms with E-state index < -0.39 is 0 Å². The number of rotatable bonds is 3. The monoisotopic (exact) mass is 456 g/mol. The largest absolute Gasteiger partial charge is 0.373 e. The van der Waals surface area contributed by atoms with Crippen molar-refractivity contribution in [1.82, 2.24) is 15.1 Å². The molecule has 1 aliphatic carbocycles. The van der Waals surface area contributed by atoms with Crippen LogP contribution in [0.15, 0.2) is 35.3 Å². The van der Waals surface area contributed by atoms with Crippen molar-refractivity contribution in [2.75, 3.05) is 33.3 Å². The molecule has 4 rings (SSSR count). The van der Waals surface area contributed by atoms with Crippen LogP contribution >= 0.6 is 24.0 Å². The van der Waals surface area contributed by atoms with E-state index in [1.807, 2.05) is 7.05 Å². The number of likely N-dealkylation sites (tertiary alicyclic amines) is 1. The maximum Gasteiger partial charge on any atom is 0.194 e. The van der Waals surface area contributed by atoms with Crippen LogP contribution in [0.3, 0.4) is 0 Å². The second kappa shape index (κ2) is 8.22. The maximum absolute atomic E-state index is 6.07. The zero-order valence-corrected chi connectivity index (χ0v) is 17.4. The van der Waals surface area contributed by atoms with Crippen molar-refractivity contribution in [2.45, 2.75) is 38.1 Å². The van der Waals surface area contributed by atoms with Gasteiger partial charge in [0.15, 0.2) is 5.96 Å². The number of morpholine rings is 1. The van der Waals surface area contributed by atoms with E-state index in [4.69, 9.17) is 4.74 Å². The van der Waals surface area contributed by atoms with Gasteiger partial charge in [0.2, 0.25) is 0 Å². The van der Waals surface area contributed by atoms with Crippen molar-refractivity contribution in [2.24, 2.45) is 10.9 Å². The quantitative estimate of drug-likeness (QED) is 0.430. The highest BCUT2D eigenvalue weighted by Gasteiger charge is 2.42. The van der Waals surface area contributed by atoms with Gasteiger partial charge in [0.1, 0.15) is 0 Å². The zero-order chi connectivity index (χ0) is 16.5. The molecule has 5 nitrogen and oxygen atoms in total. The number of ether oxygens (including phenoxy) is 1. The fourth-order valence-electron chi connectivity index (χ4n) is 3.93. The van der Waals surface area contributed by atoms with Crippen molar-refractivity contribution in [1.29, 1.82) is 0 Å². The van der Waals surface area contributed by atoms with Gasteiger partial charge in [0.05, 0.1) is 18.8 Å². The lowest BCUT2D eigenvalue weighted by Crippen LogP contribution is -2.50. The van der Waals surface area contributed by atoms with E-state index in [2.05, 4.69) is 57.4 Å². The highest BCUT2D eigenvalue weighted by Crippen LogP contribution is 2.30. The smallest absolute Gasteiger partial charge is 0.194 e. The average molecular weight is 456 g/mol. The molecule has 0 bridgehead atoms. The number of fused-ring (bicyclic) bond motifs is 1. The highest BCUT2D eigenvalue weighted by atomic mass is 127. The van der Waals surface area contributed by atoms with Crippen LogP contribution < -0.4 is 5.32 Å². The molecule has 2 aliphatic heterocycles. The Bertz CT molecular complexity index is 596. The second-order valence-corrected chi connectivity index (χ2v) is 7.35. The normalized spacial score (nSPS) is 32.1. The minimum absolute atomic E-state index is 0. The average Bonchev–Trinajstić information content (AvgIpc) is 3.12. The van der Waals surface area contributed by atoms with E-state index in [1.165, 1.54) is 12.0 Å². The Balaban J connectivity index is 0.00000182. The number of benzene rings is 1. The van der Waals surface area contributed by atoms with Crippen molar-refractivity contribution < 1.29 is 4.74 Å². The summed E-state index contributed by atoms with van der Waals surface area (Å²) in [6.07, 6.45) is 1.55. The molecule has 1 aromatic rings. The van der Waals surface area contributed by atoms with Gasteiger partial charge in [0, 0.05) is 39.3 Å². The Kier molecular flexibility index (Phi) is 6.22. The van der Waals surface area contributed by atoms with Crippen LogP contribution in [0.4, 0.5) is 0 Å². The SMILES string of the molecule is CN=C(NC1CC1C)N1CC2OCCN(Cc3ccccc3)C2C1.I.